The van der Waals surface area contributed by atoms with Crippen LogP contribution in [0.25, 0.3) is 0 Å². The highest BCUT2D eigenvalue weighted by molar-refractivity contribution is 9.10. The summed E-state index contributed by atoms with van der Waals surface area (Å²) in [5.74, 6) is 2.53. The van der Waals surface area contributed by atoms with E-state index in [-0.39, 0.29) is 0 Å². The summed E-state index contributed by atoms with van der Waals surface area (Å²) in [5, 5.41) is 3.31. The normalized spacial score (nSPS) is 19.7. The van der Waals surface area contributed by atoms with Crippen molar-refractivity contribution in [3.8, 4) is 0 Å². The molecule has 1 saturated heterocycles. The zero-order chi connectivity index (χ0) is 13.8. The third-order valence-electron chi connectivity index (χ3n) is 3.31. The van der Waals surface area contributed by atoms with Gasteiger partial charge in [0.25, 0.3) is 0 Å². The molecule has 2 heterocycles. The minimum absolute atomic E-state index is 0.330. The van der Waals surface area contributed by atoms with Gasteiger partial charge in [-0.3, -0.25) is 0 Å². The zero-order valence-electron chi connectivity index (χ0n) is 11.9. The molecular weight excluding hydrogens is 306 g/mol. The molecule has 1 unspecified atom stereocenters. The van der Waals surface area contributed by atoms with Crippen LogP contribution in [0, 0.1) is 0 Å². The van der Waals surface area contributed by atoms with E-state index < -0.39 is 0 Å². The van der Waals surface area contributed by atoms with E-state index in [1.165, 1.54) is 0 Å². The summed E-state index contributed by atoms with van der Waals surface area (Å²) in [6.45, 7) is 8.85. The average Bonchev–Trinajstić information content (AvgIpc) is 2.42. The summed E-state index contributed by atoms with van der Waals surface area (Å²) in [7, 11) is 0. The maximum Gasteiger partial charge on any atom is 0.144 e. The van der Waals surface area contributed by atoms with Crippen LogP contribution in [0.5, 0.6) is 0 Å². The van der Waals surface area contributed by atoms with Crippen molar-refractivity contribution in [3.05, 3.63) is 16.0 Å². The van der Waals surface area contributed by atoms with Gasteiger partial charge in [-0.1, -0.05) is 13.8 Å². The number of nitrogens with one attached hydrogen (secondary N) is 1. The number of aromatic nitrogens is 2. The smallest absolute Gasteiger partial charge is 0.144 e. The molecule has 1 N–H and O–H groups in total. The predicted molar refractivity (Wildman–Crippen MR) is 80.8 cm³/mol. The second kappa shape index (κ2) is 6.66. The van der Waals surface area contributed by atoms with Gasteiger partial charge in [-0.2, -0.15) is 0 Å². The molecule has 2 rings (SSSR count). The van der Waals surface area contributed by atoms with Crippen molar-refractivity contribution in [2.24, 2.45) is 0 Å². The van der Waals surface area contributed by atoms with Crippen LogP contribution >= 0.6 is 15.9 Å². The maximum atomic E-state index is 5.55. The fourth-order valence-electron chi connectivity index (χ4n) is 2.28. The van der Waals surface area contributed by atoms with E-state index in [2.05, 4.69) is 47.0 Å². The molecule has 0 radical (unpaired) electrons. The van der Waals surface area contributed by atoms with Crippen LogP contribution in [-0.2, 0) is 4.74 Å². The Hall–Kier alpha value is -0.680. The summed E-state index contributed by atoms with van der Waals surface area (Å²) in [6.07, 6.45) is 2.21. The number of nitrogens with zero attached hydrogens (tertiary/aromatic N) is 2. The molecule has 1 aliphatic heterocycles. The molecule has 1 aliphatic rings. The highest BCUT2D eigenvalue weighted by atomic mass is 79.9. The van der Waals surface area contributed by atoms with Crippen LogP contribution in [0.15, 0.2) is 4.47 Å². The largest absolute Gasteiger partial charge is 0.381 e. The molecule has 0 bridgehead atoms. The van der Waals surface area contributed by atoms with Crippen LogP contribution < -0.4 is 5.32 Å². The van der Waals surface area contributed by atoms with Gasteiger partial charge in [0.2, 0.25) is 0 Å². The van der Waals surface area contributed by atoms with Gasteiger partial charge in [0, 0.05) is 19.1 Å². The third-order valence-corrected chi connectivity index (χ3v) is 4.09. The fourth-order valence-corrected chi connectivity index (χ4v) is 3.05. The van der Waals surface area contributed by atoms with E-state index in [4.69, 9.17) is 9.72 Å². The van der Waals surface area contributed by atoms with Crippen molar-refractivity contribution >= 4 is 21.7 Å². The van der Waals surface area contributed by atoms with E-state index in [0.29, 0.717) is 11.8 Å². The van der Waals surface area contributed by atoms with Crippen molar-refractivity contribution in [1.82, 2.24) is 9.97 Å². The van der Waals surface area contributed by atoms with Gasteiger partial charge in [-0.25, -0.2) is 9.97 Å². The lowest BCUT2D eigenvalue weighted by atomic mass is 10.0. The van der Waals surface area contributed by atoms with Crippen LogP contribution in [0.4, 0.5) is 5.82 Å². The number of hydrogen-bond donors (Lipinski definition) is 1. The molecular formula is C14H22BrN3O. The van der Waals surface area contributed by atoms with Crippen LogP contribution in [0.2, 0.25) is 0 Å². The molecule has 1 aromatic rings. The number of hydrogen-bond acceptors (Lipinski definition) is 4. The SMILES string of the molecule is CCNc1nc(C2CCCOC2)nc(C(C)C)c1Br. The summed E-state index contributed by atoms with van der Waals surface area (Å²) < 4.78 is 6.55. The van der Waals surface area contributed by atoms with Crippen molar-refractivity contribution in [2.45, 2.75) is 45.4 Å². The van der Waals surface area contributed by atoms with Gasteiger partial charge in [-0.05, 0) is 41.6 Å². The molecule has 19 heavy (non-hydrogen) atoms. The summed E-state index contributed by atoms with van der Waals surface area (Å²) in [6, 6.07) is 0. The Bertz CT molecular complexity index is 431. The second-order valence-corrected chi connectivity index (χ2v) is 6.02. The Morgan fingerprint density at radius 1 is 1.42 bits per heavy atom. The first-order valence-corrected chi connectivity index (χ1v) is 7.81. The summed E-state index contributed by atoms with van der Waals surface area (Å²) in [5.41, 5.74) is 1.08. The Morgan fingerprint density at radius 3 is 2.79 bits per heavy atom. The first kappa shape index (κ1) is 14.7. The van der Waals surface area contributed by atoms with Crippen LogP contribution in [0.3, 0.4) is 0 Å². The van der Waals surface area contributed by atoms with Crippen molar-refractivity contribution in [3.63, 3.8) is 0 Å². The lowest BCUT2D eigenvalue weighted by Crippen LogP contribution is -2.20. The molecule has 1 fully saturated rings. The number of ether oxygens (including phenoxy) is 1. The number of anilines is 1. The van der Waals surface area contributed by atoms with Crippen molar-refractivity contribution in [2.75, 3.05) is 25.1 Å². The van der Waals surface area contributed by atoms with E-state index >= 15 is 0 Å². The number of halogens is 1. The van der Waals surface area contributed by atoms with E-state index in [1.54, 1.807) is 0 Å². The summed E-state index contributed by atoms with van der Waals surface area (Å²) >= 11 is 3.62. The Balaban J connectivity index is 2.36. The zero-order valence-corrected chi connectivity index (χ0v) is 13.5. The van der Waals surface area contributed by atoms with Crippen LogP contribution in [-0.4, -0.2) is 29.7 Å². The van der Waals surface area contributed by atoms with E-state index in [0.717, 1.165) is 54.4 Å². The second-order valence-electron chi connectivity index (χ2n) is 5.23. The Kier molecular flexibility index (Phi) is 5.16. The van der Waals surface area contributed by atoms with E-state index in [9.17, 15) is 0 Å². The molecule has 0 aromatic carbocycles. The highest BCUT2D eigenvalue weighted by Crippen LogP contribution is 2.32. The molecule has 5 heteroatoms. The average molecular weight is 328 g/mol. The molecule has 0 aliphatic carbocycles. The Morgan fingerprint density at radius 2 is 2.21 bits per heavy atom. The highest BCUT2D eigenvalue weighted by Gasteiger charge is 2.22. The van der Waals surface area contributed by atoms with Crippen molar-refractivity contribution in [1.29, 1.82) is 0 Å². The van der Waals surface area contributed by atoms with Gasteiger partial charge in [0.15, 0.2) is 0 Å². The number of rotatable bonds is 4. The van der Waals surface area contributed by atoms with Crippen molar-refractivity contribution < 1.29 is 4.74 Å². The van der Waals surface area contributed by atoms with Gasteiger partial charge in [-0.15, -0.1) is 0 Å². The molecule has 0 amide bonds. The molecule has 1 aromatic heterocycles. The van der Waals surface area contributed by atoms with Gasteiger partial charge in [0.1, 0.15) is 11.6 Å². The molecule has 0 saturated carbocycles. The topological polar surface area (TPSA) is 47.0 Å². The van der Waals surface area contributed by atoms with Gasteiger partial charge < -0.3 is 10.1 Å². The third kappa shape index (κ3) is 3.45. The monoisotopic (exact) mass is 327 g/mol. The van der Waals surface area contributed by atoms with Gasteiger partial charge in [0.05, 0.1) is 16.8 Å². The van der Waals surface area contributed by atoms with Crippen LogP contribution in [0.1, 0.15) is 57.0 Å². The lowest BCUT2D eigenvalue weighted by Gasteiger charge is -2.23. The first-order valence-electron chi connectivity index (χ1n) is 7.02. The Labute approximate surface area is 123 Å². The maximum absolute atomic E-state index is 5.55. The summed E-state index contributed by atoms with van der Waals surface area (Å²) in [4.78, 5) is 9.44. The molecule has 106 valence electrons. The predicted octanol–water partition coefficient (Wildman–Crippen LogP) is 3.69. The minimum Gasteiger partial charge on any atom is -0.381 e. The first-order chi connectivity index (χ1) is 9.13. The van der Waals surface area contributed by atoms with Gasteiger partial charge >= 0.3 is 0 Å². The quantitative estimate of drug-likeness (QED) is 0.916. The molecule has 4 nitrogen and oxygen atoms in total. The minimum atomic E-state index is 0.330. The lowest BCUT2D eigenvalue weighted by molar-refractivity contribution is 0.0780. The molecule has 0 spiro atoms. The fraction of sp³-hybridized carbons (Fsp3) is 0.714. The van der Waals surface area contributed by atoms with E-state index in [1.807, 2.05) is 0 Å². The molecule has 1 atom stereocenters. The standard InChI is InChI=1S/C14H22BrN3O/c1-4-16-14-11(15)12(9(2)3)17-13(18-14)10-6-5-7-19-8-10/h9-10H,4-8H2,1-3H3,(H,16,17,18).